The first-order valence-corrected chi connectivity index (χ1v) is 17.6. The molecule has 0 amide bonds. The SMILES string of the molecule is c1ccc(-c2cc(-c3ccccc3)cc(-c3cccc(-c4cccc(-c5cc6ccccc6c(-c6cncc(-c7ccccc7)c6)n5)c4)c3)c2)cc1. The normalized spacial score (nSPS) is 11.1. The van der Waals surface area contributed by atoms with Crippen molar-refractivity contribution in [1.82, 2.24) is 9.97 Å². The third kappa shape index (κ3) is 6.30. The first-order chi connectivity index (χ1) is 25.7. The van der Waals surface area contributed by atoms with Gasteiger partial charge in [-0.1, -0.05) is 152 Å². The molecule has 0 spiro atoms. The molecule has 0 aliphatic carbocycles. The molecule has 0 bridgehead atoms. The maximum Gasteiger partial charge on any atom is 0.0803 e. The predicted octanol–water partition coefficient (Wildman–Crippen LogP) is 13.3. The summed E-state index contributed by atoms with van der Waals surface area (Å²) in [6, 6.07) is 69.0. The summed E-state index contributed by atoms with van der Waals surface area (Å²) in [5.41, 5.74) is 15.6. The molecular formula is C50H34N2. The van der Waals surface area contributed by atoms with Gasteiger partial charge in [0.15, 0.2) is 0 Å². The van der Waals surface area contributed by atoms with Gasteiger partial charge in [-0.25, -0.2) is 4.98 Å². The second kappa shape index (κ2) is 13.8. The fraction of sp³-hybridized carbons (Fsp3) is 0. The first-order valence-electron chi connectivity index (χ1n) is 17.6. The van der Waals surface area contributed by atoms with Crippen LogP contribution in [0.5, 0.6) is 0 Å². The van der Waals surface area contributed by atoms with Gasteiger partial charge in [0.25, 0.3) is 0 Å². The predicted molar refractivity (Wildman–Crippen MR) is 218 cm³/mol. The maximum atomic E-state index is 5.31. The van der Waals surface area contributed by atoms with E-state index >= 15 is 0 Å². The van der Waals surface area contributed by atoms with Crippen LogP contribution in [0.3, 0.4) is 0 Å². The number of nitrogens with zero attached hydrogens (tertiary/aromatic N) is 2. The Morgan fingerprint density at radius 1 is 0.269 bits per heavy atom. The number of hydrogen-bond donors (Lipinski definition) is 0. The highest BCUT2D eigenvalue weighted by Gasteiger charge is 2.13. The molecule has 244 valence electrons. The average Bonchev–Trinajstić information content (AvgIpc) is 3.24. The molecule has 0 atom stereocenters. The van der Waals surface area contributed by atoms with Crippen molar-refractivity contribution >= 4 is 10.8 Å². The van der Waals surface area contributed by atoms with Crippen LogP contribution in [0.15, 0.2) is 207 Å². The summed E-state index contributed by atoms with van der Waals surface area (Å²) in [4.78, 5) is 9.95. The Kier molecular flexibility index (Phi) is 8.24. The van der Waals surface area contributed by atoms with E-state index in [4.69, 9.17) is 4.98 Å². The Morgan fingerprint density at radius 3 is 1.29 bits per heavy atom. The van der Waals surface area contributed by atoms with Crippen molar-refractivity contribution in [3.8, 4) is 78.1 Å². The fourth-order valence-electron chi connectivity index (χ4n) is 7.05. The van der Waals surface area contributed by atoms with Crippen LogP contribution in [-0.2, 0) is 0 Å². The van der Waals surface area contributed by atoms with Gasteiger partial charge in [0, 0.05) is 34.5 Å². The molecule has 52 heavy (non-hydrogen) atoms. The second-order valence-electron chi connectivity index (χ2n) is 13.1. The highest BCUT2D eigenvalue weighted by atomic mass is 14.7. The van der Waals surface area contributed by atoms with E-state index in [0.29, 0.717) is 0 Å². The van der Waals surface area contributed by atoms with E-state index in [1.165, 1.54) is 33.4 Å². The molecule has 7 aromatic carbocycles. The highest BCUT2D eigenvalue weighted by molar-refractivity contribution is 5.97. The van der Waals surface area contributed by atoms with Gasteiger partial charge in [-0.2, -0.15) is 0 Å². The summed E-state index contributed by atoms with van der Waals surface area (Å²) < 4.78 is 0. The van der Waals surface area contributed by atoms with Crippen molar-refractivity contribution in [2.24, 2.45) is 0 Å². The van der Waals surface area contributed by atoms with Gasteiger partial charge in [0.2, 0.25) is 0 Å². The monoisotopic (exact) mass is 662 g/mol. The molecule has 0 aliphatic heterocycles. The van der Waals surface area contributed by atoms with Crippen molar-refractivity contribution < 1.29 is 0 Å². The number of hydrogen-bond acceptors (Lipinski definition) is 2. The van der Waals surface area contributed by atoms with Crippen LogP contribution in [0.4, 0.5) is 0 Å². The van der Waals surface area contributed by atoms with E-state index in [-0.39, 0.29) is 0 Å². The molecule has 0 N–H and O–H groups in total. The minimum absolute atomic E-state index is 0.929. The first kappa shape index (κ1) is 31.1. The molecule has 0 unspecified atom stereocenters. The lowest BCUT2D eigenvalue weighted by Gasteiger charge is -2.13. The van der Waals surface area contributed by atoms with E-state index in [1.54, 1.807) is 0 Å². The van der Waals surface area contributed by atoms with E-state index in [1.807, 2.05) is 18.5 Å². The van der Waals surface area contributed by atoms with Crippen molar-refractivity contribution in [3.05, 3.63) is 207 Å². The molecule has 9 rings (SSSR count). The summed E-state index contributed by atoms with van der Waals surface area (Å²) in [6.45, 7) is 0. The quantitative estimate of drug-likeness (QED) is 0.170. The van der Waals surface area contributed by atoms with Crippen molar-refractivity contribution in [1.29, 1.82) is 0 Å². The van der Waals surface area contributed by atoms with Crippen LogP contribution in [-0.4, -0.2) is 9.97 Å². The number of benzene rings is 7. The lowest BCUT2D eigenvalue weighted by atomic mass is 9.92. The van der Waals surface area contributed by atoms with Crippen molar-refractivity contribution in [2.45, 2.75) is 0 Å². The van der Waals surface area contributed by atoms with Gasteiger partial charge in [0.1, 0.15) is 0 Å². The molecule has 2 aromatic heterocycles. The molecule has 0 saturated carbocycles. The minimum Gasteiger partial charge on any atom is -0.263 e. The van der Waals surface area contributed by atoms with E-state index in [2.05, 4.69) is 193 Å². The standard InChI is InChI=1S/C50H34N2/c1-4-14-35(15-5-1)43-28-44(36-16-6-2-7-17-36)30-45(29-43)40-23-12-21-38(26-40)39-22-13-24-42(27-39)49-32-41-20-10-11-25-48(41)50(52-49)47-31-46(33-51-34-47)37-18-8-3-9-19-37/h1-34H. The van der Waals surface area contributed by atoms with Crippen LogP contribution >= 0.6 is 0 Å². The molecule has 0 aliphatic rings. The zero-order valence-corrected chi connectivity index (χ0v) is 28.5. The molecule has 0 radical (unpaired) electrons. The Labute approximate surface area is 304 Å². The zero-order valence-electron chi connectivity index (χ0n) is 28.5. The Hall–Kier alpha value is -6.90. The largest absolute Gasteiger partial charge is 0.263 e. The number of pyridine rings is 2. The number of aromatic nitrogens is 2. The summed E-state index contributed by atoms with van der Waals surface area (Å²) in [5, 5.41) is 2.25. The van der Waals surface area contributed by atoms with E-state index in [0.717, 1.165) is 55.5 Å². The lowest BCUT2D eigenvalue weighted by Crippen LogP contribution is -1.93. The second-order valence-corrected chi connectivity index (χ2v) is 13.1. The Morgan fingerprint density at radius 2 is 0.673 bits per heavy atom. The summed E-state index contributed by atoms with van der Waals surface area (Å²) >= 11 is 0. The van der Waals surface area contributed by atoms with Gasteiger partial charge in [-0.15, -0.1) is 0 Å². The third-order valence-corrected chi connectivity index (χ3v) is 9.69. The Balaban J connectivity index is 1.12. The molecule has 2 heteroatoms. The molecule has 0 fully saturated rings. The van der Waals surface area contributed by atoms with Gasteiger partial charge in [-0.3, -0.25) is 4.98 Å². The molecule has 9 aromatic rings. The van der Waals surface area contributed by atoms with Gasteiger partial charge in [0.05, 0.1) is 11.4 Å². The molecule has 2 nitrogen and oxygen atoms in total. The molecule has 2 heterocycles. The fourth-order valence-corrected chi connectivity index (χ4v) is 7.05. The van der Waals surface area contributed by atoms with Crippen LogP contribution in [0.25, 0.3) is 88.9 Å². The van der Waals surface area contributed by atoms with E-state index < -0.39 is 0 Å². The Bertz CT molecular complexity index is 2610. The highest BCUT2D eigenvalue weighted by Crippen LogP contribution is 2.37. The van der Waals surface area contributed by atoms with Gasteiger partial charge >= 0.3 is 0 Å². The summed E-state index contributed by atoms with van der Waals surface area (Å²) in [6.07, 6.45) is 3.84. The zero-order chi connectivity index (χ0) is 34.7. The van der Waals surface area contributed by atoms with Gasteiger partial charge < -0.3 is 0 Å². The summed E-state index contributed by atoms with van der Waals surface area (Å²) in [7, 11) is 0. The van der Waals surface area contributed by atoms with Crippen molar-refractivity contribution in [3.63, 3.8) is 0 Å². The molecule has 0 saturated heterocycles. The maximum absolute atomic E-state index is 5.31. The van der Waals surface area contributed by atoms with Crippen LogP contribution in [0.1, 0.15) is 0 Å². The lowest BCUT2D eigenvalue weighted by molar-refractivity contribution is 1.29. The average molecular weight is 663 g/mol. The summed E-state index contributed by atoms with van der Waals surface area (Å²) in [5.74, 6) is 0. The van der Waals surface area contributed by atoms with Gasteiger partial charge in [-0.05, 0) is 97.9 Å². The van der Waals surface area contributed by atoms with E-state index in [9.17, 15) is 0 Å². The van der Waals surface area contributed by atoms with Crippen LogP contribution < -0.4 is 0 Å². The number of fused-ring (bicyclic) bond motifs is 1. The van der Waals surface area contributed by atoms with Crippen LogP contribution in [0, 0.1) is 0 Å². The number of rotatable bonds is 7. The third-order valence-electron chi connectivity index (χ3n) is 9.69. The molecular weight excluding hydrogens is 629 g/mol. The smallest absolute Gasteiger partial charge is 0.0803 e. The minimum atomic E-state index is 0.929. The van der Waals surface area contributed by atoms with Crippen LogP contribution in [0.2, 0.25) is 0 Å². The van der Waals surface area contributed by atoms with Crippen molar-refractivity contribution in [2.75, 3.05) is 0 Å². The topological polar surface area (TPSA) is 25.8 Å².